The summed E-state index contributed by atoms with van der Waals surface area (Å²) in [5.74, 6) is -0.104. The Hall–Kier alpha value is -2.95. The first-order chi connectivity index (χ1) is 15.2. The van der Waals surface area contributed by atoms with Crippen molar-refractivity contribution in [2.45, 2.75) is 24.3 Å². The number of sulfonamides is 1. The predicted molar refractivity (Wildman–Crippen MR) is 120 cm³/mol. The van der Waals surface area contributed by atoms with Gasteiger partial charge in [-0.2, -0.15) is 4.31 Å². The van der Waals surface area contributed by atoms with Gasteiger partial charge in [0.15, 0.2) is 0 Å². The van der Waals surface area contributed by atoms with Crippen LogP contribution < -0.4 is 15.0 Å². The maximum absolute atomic E-state index is 13.2. The molecule has 0 unspecified atom stereocenters. The Bertz CT molecular complexity index is 1070. The van der Waals surface area contributed by atoms with Gasteiger partial charge in [0.1, 0.15) is 12.4 Å². The van der Waals surface area contributed by atoms with Crippen LogP contribution in [0.5, 0.6) is 5.75 Å². The molecule has 2 aromatic rings. The van der Waals surface area contributed by atoms with E-state index < -0.39 is 22.0 Å². The molecule has 9 nitrogen and oxygen atoms in total. The minimum Gasteiger partial charge on any atom is -0.491 e. The van der Waals surface area contributed by atoms with Gasteiger partial charge in [-0.3, -0.25) is 9.59 Å². The zero-order chi connectivity index (χ0) is 23.3. The Morgan fingerprint density at radius 1 is 1.16 bits per heavy atom. The molecule has 0 spiro atoms. The molecule has 1 aliphatic rings. The van der Waals surface area contributed by atoms with Crippen LogP contribution in [-0.4, -0.2) is 64.5 Å². The monoisotopic (exact) mass is 461 g/mol. The van der Waals surface area contributed by atoms with Crippen molar-refractivity contribution in [1.29, 1.82) is 0 Å². The molecule has 1 atom stereocenters. The van der Waals surface area contributed by atoms with Crippen LogP contribution in [0.4, 0.5) is 11.4 Å². The van der Waals surface area contributed by atoms with Crippen LogP contribution in [0.3, 0.4) is 0 Å². The predicted octanol–water partition coefficient (Wildman–Crippen LogP) is 2.10. The van der Waals surface area contributed by atoms with Crippen LogP contribution in [0.15, 0.2) is 53.4 Å². The third-order valence-corrected chi connectivity index (χ3v) is 6.89. The molecule has 10 heteroatoms. The van der Waals surface area contributed by atoms with Crippen molar-refractivity contribution in [3.63, 3.8) is 0 Å². The lowest BCUT2D eigenvalue weighted by atomic mass is 10.1. The first kappa shape index (κ1) is 23.7. The zero-order valence-corrected chi connectivity index (χ0v) is 19.1. The molecular formula is C22H27N3O6S. The molecule has 1 N–H and O–H groups in total. The lowest BCUT2D eigenvalue weighted by Gasteiger charge is -2.29. The fourth-order valence-electron chi connectivity index (χ4n) is 3.45. The Morgan fingerprint density at radius 2 is 1.84 bits per heavy atom. The van der Waals surface area contributed by atoms with E-state index in [0.717, 1.165) is 4.31 Å². The number of rotatable bonds is 8. The maximum Gasteiger partial charge on any atom is 0.243 e. The highest BCUT2D eigenvalue weighted by atomic mass is 32.2. The van der Waals surface area contributed by atoms with Gasteiger partial charge in [0, 0.05) is 26.6 Å². The van der Waals surface area contributed by atoms with E-state index >= 15 is 0 Å². The van der Waals surface area contributed by atoms with E-state index in [2.05, 4.69) is 5.32 Å². The molecule has 0 aliphatic carbocycles. The lowest BCUT2D eigenvalue weighted by molar-refractivity contribution is -0.119. The molecule has 0 saturated carbocycles. The van der Waals surface area contributed by atoms with Crippen molar-refractivity contribution in [1.82, 2.24) is 4.31 Å². The van der Waals surface area contributed by atoms with Gasteiger partial charge < -0.3 is 19.7 Å². The van der Waals surface area contributed by atoms with Crippen LogP contribution in [0.1, 0.15) is 13.3 Å². The minimum atomic E-state index is -3.91. The molecule has 1 aliphatic heterocycles. The van der Waals surface area contributed by atoms with E-state index in [4.69, 9.17) is 9.47 Å². The highest BCUT2D eigenvalue weighted by Gasteiger charge is 2.32. The summed E-state index contributed by atoms with van der Waals surface area (Å²) in [6.07, 6.45) is 0.113. The summed E-state index contributed by atoms with van der Waals surface area (Å²) in [7, 11) is -0.986. The van der Waals surface area contributed by atoms with Gasteiger partial charge in [-0.1, -0.05) is 12.1 Å². The van der Waals surface area contributed by atoms with Crippen molar-refractivity contribution < 1.29 is 27.5 Å². The second-order valence-corrected chi connectivity index (χ2v) is 9.50. The van der Waals surface area contributed by atoms with Crippen LogP contribution in [0.25, 0.3) is 0 Å². The summed E-state index contributed by atoms with van der Waals surface area (Å²) >= 11 is 0. The third-order valence-electron chi connectivity index (χ3n) is 5.07. The van der Waals surface area contributed by atoms with Gasteiger partial charge in [0.25, 0.3) is 0 Å². The van der Waals surface area contributed by atoms with Gasteiger partial charge in [-0.25, -0.2) is 8.42 Å². The fraction of sp³-hybridized carbons (Fsp3) is 0.364. The molecule has 0 saturated heterocycles. The van der Waals surface area contributed by atoms with Crippen molar-refractivity contribution in [3.05, 3.63) is 48.5 Å². The highest BCUT2D eigenvalue weighted by Crippen LogP contribution is 2.31. The molecule has 3 rings (SSSR count). The molecule has 32 heavy (non-hydrogen) atoms. The standard InChI is InChI=1S/C22H27N3O6S/c1-16-14-21(26)23-19-6-4-5-7-20(19)25(16)22(27)15-24(2)32(28,29)18-10-8-17(9-11-18)31-13-12-30-3/h4-11,16H,12-15H2,1-3H3,(H,23,26)/t16-/m1/s1. The molecule has 2 amide bonds. The average molecular weight is 462 g/mol. The van der Waals surface area contributed by atoms with Gasteiger partial charge >= 0.3 is 0 Å². The topological polar surface area (TPSA) is 105 Å². The molecule has 0 bridgehead atoms. The molecule has 172 valence electrons. The number of para-hydroxylation sites is 2. The number of ether oxygens (including phenoxy) is 2. The van der Waals surface area contributed by atoms with Crippen molar-refractivity contribution in [3.8, 4) is 5.75 Å². The summed E-state index contributed by atoms with van der Waals surface area (Å²) in [6, 6.07) is 12.5. The number of fused-ring (bicyclic) bond motifs is 1. The number of anilines is 2. The van der Waals surface area contributed by atoms with E-state index in [1.54, 1.807) is 50.4 Å². The Labute approximate surface area is 188 Å². The SMILES string of the molecule is COCCOc1ccc(S(=O)(=O)N(C)CC(=O)N2c3ccccc3NC(=O)C[C@H]2C)cc1. The molecule has 2 aromatic carbocycles. The molecular weight excluding hydrogens is 434 g/mol. The van der Waals surface area contributed by atoms with E-state index in [9.17, 15) is 18.0 Å². The summed E-state index contributed by atoms with van der Waals surface area (Å²) in [5, 5.41) is 2.79. The summed E-state index contributed by atoms with van der Waals surface area (Å²) in [6.45, 7) is 2.16. The zero-order valence-electron chi connectivity index (χ0n) is 18.3. The molecule has 1 heterocycles. The summed E-state index contributed by atoms with van der Waals surface area (Å²) in [4.78, 5) is 26.8. The number of hydrogen-bond donors (Lipinski definition) is 1. The van der Waals surface area contributed by atoms with Gasteiger partial charge in [0.05, 0.1) is 29.4 Å². The lowest BCUT2D eigenvalue weighted by Crippen LogP contribution is -2.45. The van der Waals surface area contributed by atoms with Gasteiger partial charge in [-0.15, -0.1) is 0 Å². The number of nitrogens with zero attached hydrogens (tertiary/aromatic N) is 2. The van der Waals surface area contributed by atoms with E-state index in [1.165, 1.54) is 24.1 Å². The van der Waals surface area contributed by atoms with Crippen molar-refractivity contribution >= 4 is 33.2 Å². The molecule has 0 fully saturated rings. The quantitative estimate of drug-likeness (QED) is 0.604. The van der Waals surface area contributed by atoms with Gasteiger partial charge in [-0.05, 0) is 43.3 Å². The maximum atomic E-state index is 13.2. The Kier molecular flexibility index (Phi) is 7.49. The largest absolute Gasteiger partial charge is 0.491 e. The summed E-state index contributed by atoms with van der Waals surface area (Å²) < 4.78 is 37.4. The van der Waals surface area contributed by atoms with E-state index in [0.29, 0.717) is 30.3 Å². The number of likely N-dealkylation sites (N-methyl/N-ethyl adjacent to an activating group) is 1. The minimum absolute atomic E-state index is 0.0491. The smallest absolute Gasteiger partial charge is 0.243 e. The average Bonchev–Trinajstić information content (AvgIpc) is 2.88. The molecule has 0 aromatic heterocycles. The second kappa shape index (κ2) is 10.1. The normalized spacial score (nSPS) is 16.3. The van der Waals surface area contributed by atoms with Crippen molar-refractivity contribution in [2.75, 3.05) is 44.1 Å². The van der Waals surface area contributed by atoms with Crippen LogP contribution >= 0.6 is 0 Å². The van der Waals surface area contributed by atoms with Crippen LogP contribution in [0.2, 0.25) is 0 Å². The fourth-order valence-corrected chi connectivity index (χ4v) is 4.57. The number of amides is 2. The van der Waals surface area contributed by atoms with Crippen LogP contribution in [0, 0.1) is 0 Å². The summed E-state index contributed by atoms with van der Waals surface area (Å²) in [5.41, 5.74) is 1.06. The second-order valence-electron chi connectivity index (χ2n) is 7.46. The number of hydrogen-bond acceptors (Lipinski definition) is 6. The number of carbonyl (C=O) groups excluding carboxylic acids is 2. The number of carbonyl (C=O) groups is 2. The van der Waals surface area contributed by atoms with Crippen LogP contribution in [-0.2, 0) is 24.3 Å². The van der Waals surface area contributed by atoms with E-state index in [-0.39, 0.29) is 23.8 Å². The Morgan fingerprint density at radius 3 is 2.53 bits per heavy atom. The number of nitrogens with one attached hydrogen (secondary N) is 1. The first-order valence-electron chi connectivity index (χ1n) is 10.1. The Balaban J connectivity index is 1.76. The number of methoxy groups -OCH3 is 1. The van der Waals surface area contributed by atoms with E-state index in [1.807, 2.05) is 0 Å². The highest BCUT2D eigenvalue weighted by molar-refractivity contribution is 7.89. The van der Waals surface area contributed by atoms with Gasteiger partial charge in [0.2, 0.25) is 21.8 Å². The van der Waals surface area contributed by atoms with Crippen molar-refractivity contribution in [2.24, 2.45) is 0 Å². The number of benzene rings is 2. The molecule has 0 radical (unpaired) electrons. The first-order valence-corrected chi connectivity index (χ1v) is 11.6. The third kappa shape index (κ3) is 5.26.